The third-order valence-corrected chi connectivity index (χ3v) is 5.31. The second kappa shape index (κ2) is 9.54. The van der Waals surface area contributed by atoms with Gasteiger partial charge in [-0.15, -0.1) is 0 Å². The molecule has 0 spiro atoms. The molecule has 0 aromatic heterocycles. The van der Waals surface area contributed by atoms with Gasteiger partial charge in [-0.25, -0.2) is 0 Å². The molecule has 26 heavy (non-hydrogen) atoms. The van der Waals surface area contributed by atoms with Gasteiger partial charge in [0.05, 0.1) is 11.8 Å². The molecule has 2 aliphatic carbocycles. The number of esters is 2. The number of carboxylic acids is 2. The van der Waals surface area contributed by atoms with Crippen LogP contribution in [-0.2, 0) is 28.7 Å². The molecule has 0 aliphatic heterocycles. The van der Waals surface area contributed by atoms with E-state index in [9.17, 15) is 29.4 Å². The van der Waals surface area contributed by atoms with Crippen LogP contribution in [-0.4, -0.2) is 37.1 Å². The number of carboxylic acid groups (broad SMARTS) is 2. The van der Waals surface area contributed by atoms with Crippen molar-refractivity contribution in [2.24, 2.45) is 23.7 Å². The van der Waals surface area contributed by atoms with Gasteiger partial charge in [-0.2, -0.15) is 0 Å². The molecule has 2 rings (SSSR count). The lowest BCUT2D eigenvalue weighted by Gasteiger charge is -2.31. The minimum absolute atomic E-state index is 0.191. The van der Waals surface area contributed by atoms with E-state index in [1.807, 2.05) is 0 Å². The highest BCUT2D eigenvalue weighted by atomic mass is 16.6. The van der Waals surface area contributed by atoms with Crippen molar-refractivity contribution >= 4 is 23.9 Å². The van der Waals surface area contributed by atoms with E-state index in [1.54, 1.807) is 0 Å². The van der Waals surface area contributed by atoms with Crippen molar-refractivity contribution in [2.75, 3.05) is 13.2 Å². The van der Waals surface area contributed by atoms with Crippen LogP contribution < -0.4 is 10.2 Å². The summed E-state index contributed by atoms with van der Waals surface area (Å²) in [7, 11) is 0. The maximum atomic E-state index is 12.1. The molecule has 8 heteroatoms. The largest absolute Gasteiger partial charge is 0.550 e. The number of ether oxygens (including phenoxy) is 2. The number of carbonyl (C=O) groups is 4. The van der Waals surface area contributed by atoms with Gasteiger partial charge in [0.25, 0.3) is 0 Å². The second-order valence-electron chi connectivity index (χ2n) is 6.97. The fourth-order valence-electron chi connectivity index (χ4n) is 3.89. The predicted octanol–water partition coefficient (Wildman–Crippen LogP) is -0.815. The molecule has 8 nitrogen and oxygen atoms in total. The summed E-state index contributed by atoms with van der Waals surface area (Å²) in [6.45, 7) is -0.382. The molecule has 0 unspecified atom stereocenters. The molecular weight excluding hydrogens is 344 g/mol. The number of carbonyl (C=O) groups excluding carboxylic acids is 4. The smallest absolute Gasteiger partial charge is 0.309 e. The summed E-state index contributed by atoms with van der Waals surface area (Å²) in [5.74, 6) is -6.89. The van der Waals surface area contributed by atoms with Crippen molar-refractivity contribution in [2.45, 2.75) is 51.4 Å². The van der Waals surface area contributed by atoms with E-state index in [-0.39, 0.29) is 13.2 Å². The van der Waals surface area contributed by atoms with Crippen molar-refractivity contribution in [3.63, 3.8) is 0 Å². The summed E-state index contributed by atoms with van der Waals surface area (Å²) in [5, 5.41) is 22.2. The van der Waals surface area contributed by atoms with Crippen LogP contribution in [0.5, 0.6) is 0 Å². The SMILES string of the molecule is O=C([O-])[C@H]1CCCC[C@@H]1C(=O)OCCOC(=O)[C@@H]1CCCC[C@@H]1C(=O)[O-]. The van der Waals surface area contributed by atoms with Gasteiger partial charge in [0.15, 0.2) is 0 Å². The van der Waals surface area contributed by atoms with Gasteiger partial charge in [-0.3, -0.25) is 9.59 Å². The molecule has 2 fully saturated rings. The average molecular weight is 368 g/mol. The molecule has 0 aromatic rings. The van der Waals surface area contributed by atoms with Crippen LogP contribution in [0, 0.1) is 23.7 Å². The first-order valence-corrected chi connectivity index (χ1v) is 9.16. The van der Waals surface area contributed by atoms with Crippen molar-refractivity contribution in [3.05, 3.63) is 0 Å². The van der Waals surface area contributed by atoms with E-state index in [0.29, 0.717) is 25.7 Å². The Balaban J connectivity index is 1.75. The molecule has 0 amide bonds. The molecule has 2 saturated carbocycles. The van der Waals surface area contributed by atoms with Crippen LogP contribution in [0.25, 0.3) is 0 Å². The minimum Gasteiger partial charge on any atom is -0.550 e. The standard InChI is InChI=1S/C18H26O8/c19-15(20)11-5-1-3-7-13(11)17(23)25-9-10-26-18(24)14-8-4-2-6-12(14)16(21)22/h11-14H,1-10H2,(H,19,20)(H,21,22)/p-2/t11-,12-,13-,14+/m0/s1. The molecule has 2 aliphatic rings. The summed E-state index contributed by atoms with van der Waals surface area (Å²) in [6, 6.07) is 0. The molecule has 0 saturated heterocycles. The normalized spacial score (nSPS) is 28.8. The van der Waals surface area contributed by atoms with Crippen molar-refractivity contribution in [1.82, 2.24) is 0 Å². The number of hydrogen-bond donors (Lipinski definition) is 0. The van der Waals surface area contributed by atoms with E-state index < -0.39 is 47.5 Å². The monoisotopic (exact) mass is 368 g/mol. The van der Waals surface area contributed by atoms with Gasteiger partial charge in [-0.1, -0.05) is 25.7 Å². The molecule has 0 aromatic carbocycles. The van der Waals surface area contributed by atoms with Crippen LogP contribution in [0.4, 0.5) is 0 Å². The van der Waals surface area contributed by atoms with E-state index >= 15 is 0 Å². The van der Waals surface area contributed by atoms with Crippen LogP contribution in [0.3, 0.4) is 0 Å². The highest BCUT2D eigenvalue weighted by molar-refractivity contribution is 5.81. The lowest BCUT2D eigenvalue weighted by Crippen LogP contribution is -2.42. The van der Waals surface area contributed by atoms with E-state index in [4.69, 9.17) is 9.47 Å². The summed E-state index contributed by atoms with van der Waals surface area (Å²) < 4.78 is 10.1. The van der Waals surface area contributed by atoms with E-state index in [2.05, 4.69) is 0 Å². The summed E-state index contributed by atoms with van der Waals surface area (Å²) in [4.78, 5) is 46.3. The zero-order chi connectivity index (χ0) is 19.1. The Morgan fingerprint density at radius 3 is 1.23 bits per heavy atom. The summed E-state index contributed by atoms with van der Waals surface area (Å²) in [6.07, 6.45) is 4.64. The zero-order valence-electron chi connectivity index (χ0n) is 14.6. The Morgan fingerprint density at radius 1 is 0.615 bits per heavy atom. The van der Waals surface area contributed by atoms with Crippen molar-refractivity contribution < 1.29 is 38.9 Å². The Bertz CT molecular complexity index is 495. The lowest BCUT2D eigenvalue weighted by molar-refractivity contribution is -0.315. The fourth-order valence-corrected chi connectivity index (χ4v) is 3.89. The minimum atomic E-state index is -1.25. The molecule has 4 atom stereocenters. The first-order chi connectivity index (χ1) is 12.4. The highest BCUT2D eigenvalue weighted by Gasteiger charge is 2.34. The molecule has 0 radical (unpaired) electrons. The van der Waals surface area contributed by atoms with E-state index in [0.717, 1.165) is 25.7 Å². The molecule has 0 heterocycles. The quantitative estimate of drug-likeness (QED) is 0.421. The maximum Gasteiger partial charge on any atom is 0.309 e. The Hall–Kier alpha value is -2.12. The van der Waals surface area contributed by atoms with Gasteiger partial charge in [0.1, 0.15) is 13.2 Å². The first-order valence-electron chi connectivity index (χ1n) is 9.16. The number of rotatable bonds is 7. The van der Waals surface area contributed by atoms with Gasteiger partial charge >= 0.3 is 11.9 Å². The molecule has 146 valence electrons. The fraction of sp³-hybridized carbons (Fsp3) is 0.778. The maximum absolute atomic E-state index is 12.1. The Kier molecular flexibility index (Phi) is 7.41. The third-order valence-electron chi connectivity index (χ3n) is 5.31. The van der Waals surface area contributed by atoms with Crippen LogP contribution in [0.2, 0.25) is 0 Å². The van der Waals surface area contributed by atoms with Crippen LogP contribution in [0.15, 0.2) is 0 Å². The molecular formula is C18H24O8-2. The molecule has 0 bridgehead atoms. The van der Waals surface area contributed by atoms with Crippen LogP contribution >= 0.6 is 0 Å². The third kappa shape index (κ3) is 5.19. The van der Waals surface area contributed by atoms with Crippen molar-refractivity contribution in [1.29, 1.82) is 0 Å². The van der Waals surface area contributed by atoms with Crippen molar-refractivity contribution in [3.8, 4) is 0 Å². The van der Waals surface area contributed by atoms with Gasteiger partial charge in [0.2, 0.25) is 0 Å². The van der Waals surface area contributed by atoms with Gasteiger partial charge < -0.3 is 29.3 Å². The van der Waals surface area contributed by atoms with E-state index in [1.165, 1.54) is 0 Å². The van der Waals surface area contributed by atoms with Crippen LogP contribution in [0.1, 0.15) is 51.4 Å². The molecule has 0 N–H and O–H groups in total. The first kappa shape index (κ1) is 20.2. The lowest BCUT2D eigenvalue weighted by atomic mass is 9.79. The topological polar surface area (TPSA) is 133 Å². The number of hydrogen-bond acceptors (Lipinski definition) is 8. The average Bonchev–Trinajstić information content (AvgIpc) is 2.64. The second-order valence-corrected chi connectivity index (χ2v) is 6.97. The zero-order valence-corrected chi connectivity index (χ0v) is 14.6. The van der Waals surface area contributed by atoms with Gasteiger partial charge in [0, 0.05) is 23.8 Å². The summed E-state index contributed by atoms with van der Waals surface area (Å²) in [5.41, 5.74) is 0. The Morgan fingerprint density at radius 2 is 0.923 bits per heavy atom. The number of aliphatic carboxylic acids is 2. The van der Waals surface area contributed by atoms with Gasteiger partial charge in [-0.05, 0) is 25.7 Å². The summed E-state index contributed by atoms with van der Waals surface area (Å²) >= 11 is 0. The Labute approximate surface area is 151 Å². The predicted molar refractivity (Wildman–Crippen MR) is 82.8 cm³/mol. The highest BCUT2D eigenvalue weighted by Crippen LogP contribution is 2.31.